The number of hydrogen-bond donors (Lipinski definition) is 1. The number of carboxylic acids is 1. The molecule has 0 bridgehead atoms. The third-order valence-corrected chi connectivity index (χ3v) is 3.75. The Morgan fingerprint density at radius 3 is 2.67 bits per heavy atom. The number of aliphatic carboxylic acids is 1. The molecule has 0 aliphatic heterocycles. The fourth-order valence-corrected chi connectivity index (χ4v) is 2.61. The van der Waals surface area contributed by atoms with Crippen LogP contribution in [-0.4, -0.2) is 11.1 Å². The van der Waals surface area contributed by atoms with Crippen molar-refractivity contribution in [3.05, 3.63) is 71.3 Å². The molecule has 0 aliphatic rings. The minimum atomic E-state index is -1.10. The summed E-state index contributed by atoms with van der Waals surface area (Å²) in [7, 11) is 0. The third kappa shape index (κ3) is 4.72. The van der Waals surface area contributed by atoms with Crippen LogP contribution >= 0.6 is 11.8 Å². The van der Waals surface area contributed by atoms with Crippen LogP contribution in [-0.2, 0) is 10.5 Å². The van der Waals surface area contributed by atoms with Gasteiger partial charge in [-0.1, -0.05) is 18.2 Å². The van der Waals surface area contributed by atoms with Crippen molar-refractivity contribution >= 4 is 23.8 Å². The second kappa shape index (κ2) is 7.04. The van der Waals surface area contributed by atoms with Crippen molar-refractivity contribution in [1.29, 1.82) is 0 Å². The van der Waals surface area contributed by atoms with Gasteiger partial charge in [-0.15, -0.1) is 11.8 Å². The number of halogens is 2. The van der Waals surface area contributed by atoms with Gasteiger partial charge in [0, 0.05) is 16.7 Å². The van der Waals surface area contributed by atoms with Crippen LogP contribution in [0.5, 0.6) is 0 Å². The number of thioether (sulfide) groups is 1. The first-order valence-corrected chi connectivity index (χ1v) is 7.11. The summed E-state index contributed by atoms with van der Waals surface area (Å²) in [5, 5.41) is 8.57. The van der Waals surface area contributed by atoms with Crippen LogP contribution < -0.4 is 0 Å². The zero-order valence-electron chi connectivity index (χ0n) is 10.9. The quantitative estimate of drug-likeness (QED) is 0.659. The Morgan fingerprint density at radius 1 is 1.19 bits per heavy atom. The summed E-state index contributed by atoms with van der Waals surface area (Å²) < 4.78 is 27.0. The Labute approximate surface area is 125 Å². The second-order valence-corrected chi connectivity index (χ2v) is 5.30. The Hall–Kier alpha value is -2.14. The fraction of sp³-hybridized carbons (Fsp3) is 0.0625. The van der Waals surface area contributed by atoms with Gasteiger partial charge in [-0.05, 0) is 41.5 Å². The van der Waals surface area contributed by atoms with Gasteiger partial charge in [0.1, 0.15) is 11.6 Å². The molecular weight excluding hydrogens is 294 g/mol. The summed E-state index contributed by atoms with van der Waals surface area (Å²) in [6.45, 7) is 0. The van der Waals surface area contributed by atoms with Crippen LogP contribution in [0.25, 0.3) is 6.08 Å². The molecule has 0 radical (unpaired) electrons. The fourth-order valence-electron chi connectivity index (χ4n) is 1.75. The van der Waals surface area contributed by atoms with Gasteiger partial charge in [0.2, 0.25) is 0 Å². The molecule has 0 spiro atoms. The molecule has 0 atom stereocenters. The molecule has 2 rings (SSSR count). The van der Waals surface area contributed by atoms with E-state index in [1.807, 2.05) is 0 Å². The molecule has 0 amide bonds. The maximum atomic E-state index is 13.5. The molecule has 0 unspecified atom stereocenters. The third-order valence-electron chi connectivity index (χ3n) is 2.63. The first kappa shape index (κ1) is 15.3. The molecular formula is C16H12F2O2S. The number of carbonyl (C=O) groups is 1. The van der Waals surface area contributed by atoms with Gasteiger partial charge >= 0.3 is 5.97 Å². The van der Waals surface area contributed by atoms with Gasteiger partial charge in [0.15, 0.2) is 0 Å². The molecule has 108 valence electrons. The summed E-state index contributed by atoms with van der Waals surface area (Å²) in [6, 6.07) is 10.6. The monoisotopic (exact) mass is 306 g/mol. The Bertz CT molecular complexity index is 684. The van der Waals surface area contributed by atoms with E-state index in [4.69, 9.17) is 5.11 Å². The van der Waals surface area contributed by atoms with Crippen molar-refractivity contribution in [1.82, 2.24) is 0 Å². The van der Waals surface area contributed by atoms with Crippen molar-refractivity contribution in [2.24, 2.45) is 0 Å². The van der Waals surface area contributed by atoms with Crippen LogP contribution in [0.1, 0.15) is 11.1 Å². The standard InChI is InChI=1S/C16H12F2O2S/c17-13-8-11(5-6-16(19)20)7-12(9-13)10-21-15-4-2-1-3-14(15)18/h1-9H,10H2,(H,19,20). The molecule has 0 aliphatic carbocycles. The number of benzene rings is 2. The van der Waals surface area contributed by atoms with E-state index in [1.165, 1.54) is 36.0 Å². The lowest BCUT2D eigenvalue weighted by molar-refractivity contribution is -0.131. The SMILES string of the molecule is O=C(O)C=Cc1cc(F)cc(CSc2ccccc2F)c1. The average Bonchev–Trinajstić information content (AvgIpc) is 2.44. The highest BCUT2D eigenvalue weighted by Gasteiger charge is 2.04. The molecule has 2 aromatic carbocycles. The Morgan fingerprint density at radius 2 is 1.95 bits per heavy atom. The lowest BCUT2D eigenvalue weighted by Gasteiger charge is -2.05. The molecule has 2 nitrogen and oxygen atoms in total. The molecule has 0 fully saturated rings. The maximum Gasteiger partial charge on any atom is 0.328 e. The molecule has 2 aromatic rings. The lowest BCUT2D eigenvalue weighted by Crippen LogP contribution is -1.89. The Balaban J connectivity index is 2.13. The van der Waals surface area contributed by atoms with E-state index in [0.717, 1.165) is 6.08 Å². The van der Waals surface area contributed by atoms with E-state index in [-0.39, 0.29) is 5.82 Å². The largest absolute Gasteiger partial charge is 0.478 e. The highest BCUT2D eigenvalue weighted by atomic mass is 32.2. The van der Waals surface area contributed by atoms with Gasteiger partial charge in [0.25, 0.3) is 0 Å². The summed E-state index contributed by atoms with van der Waals surface area (Å²) >= 11 is 1.26. The summed E-state index contributed by atoms with van der Waals surface area (Å²) in [5.41, 5.74) is 1.12. The number of carboxylic acid groups (broad SMARTS) is 1. The van der Waals surface area contributed by atoms with E-state index in [1.54, 1.807) is 24.3 Å². The molecule has 1 N–H and O–H groups in total. The average molecular weight is 306 g/mol. The zero-order chi connectivity index (χ0) is 15.2. The van der Waals surface area contributed by atoms with Crippen LogP contribution in [0.4, 0.5) is 8.78 Å². The second-order valence-electron chi connectivity index (χ2n) is 4.28. The van der Waals surface area contributed by atoms with E-state index < -0.39 is 11.8 Å². The van der Waals surface area contributed by atoms with Crippen LogP contribution in [0.3, 0.4) is 0 Å². The summed E-state index contributed by atoms with van der Waals surface area (Å²) in [6.07, 6.45) is 2.27. The van der Waals surface area contributed by atoms with E-state index in [2.05, 4.69) is 0 Å². The highest BCUT2D eigenvalue weighted by molar-refractivity contribution is 7.98. The van der Waals surface area contributed by atoms with Crippen LogP contribution in [0.15, 0.2) is 53.4 Å². The normalized spacial score (nSPS) is 11.0. The predicted octanol–water partition coefficient (Wildman–Crippen LogP) is 4.35. The van der Waals surface area contributed by atoms with Crippen LogP contribution in [0.2, 0.25) is 0 Å². The van der Waals surface area contributed by atoms with Crippen molar-refractivity contribution in [3.8, 4) is 0 Å². The first-order chi connectivity index (χ1) is 10.0. The van der Waals surface area contributed by atoms with Crippen molar-refractivity contribution in [3.63, 3.8) is 0 Å². The summed E-state index contributed by atoms with van der Waals surface area (Å²) in [5.74, 6) is -1.47. The molecule has 0 saturated carbocycles. The van der Waals surface area contributed by atoms with E-state index >= 15 is 0 Å². The summed E-state index contributed by atoms with van der Waals surface area (Å²) in [4.78, 5) is 11.0. The van der Waals surface area contributed by atoms with Gasteiger partial charge in [-0.25, -0.2) is 13.6 Å². The smallest absolute Gasteiger partial charge is 0.328 e. The molecule has 0 aromatic heterocycles. The molecule has 21 heavy (non-hydrogen) atoms. The molecule has 5 heteroatoms. The molecule has 0 heterocycles. The predicted molar refractivity (Wildman–Crippen MR) is 79.0 cm³/mol. The Kier molecular flexibility index (Phi) is 5.11. The van der Waals surface area contributed by atoms with Crippen molar-refractivity contribution < 1.29 is 18.7 Å². The topological polar surface area (TPSA) is 37.3 Å². The van der Waals surface area contributed by atoms with Gasteiger partial charge in [0.05, 0.1) is 0 Å². The van der Waals surface area contributed by atoms with E-state index in [9.17, 15) is 13.6 Å². The zero-order valence-corrected chi connectivity index (χ0v) is 11.7. The number of rotatable bonds is 5. The van der Waals surface area contributed by atoms with Crippen molar-refractivity contribution in [2.45, 2.75) is 10.6 Å². The first-order valence-electron chi connectivity index (χ1n) is 6.12. The van der Waals surface area contributed by atoms with E-state index in [0.29, 0.717) is 21.8 Å². The molecule has 0 saturated heterocycles. The maximum absolute atomic E-state index is 13.5. The van der Waals surface area contributed by atoms with Gasteiger partial charge < -0.3 is 5.11 Å². The minimum Gasteiger partial charge on any atom is -0.478 e. The van der Waals surface area contributed by atoms with Gasteiger partial charge in [-0.3, -0.25) is 0 Å². The number of hydrogen-bond acceptors (Lipinski definition) is 2. The van der Waals surface area contributed by atoms with Crippen molar-refractivity contribution in [2.75, 3.05) is 0 Å². The minimum absolute atomic E-state index is 0.315. The lowest BCUT2D eigenvalue weighted by atomic mass is 10.1. The highest BCUT2D eigenvalue weighted by Crippen LogP contribution is 2.26. The van der Waals surface area contributed by atoms with Gasteiger partial charge in [-0.2, -0.15) is 0 Å². The van der Waals surface area contributed by atoms with Crippen LogP contribution in [0, 0.1) is 11.6 Å².